The number of rotatable bonds is 5. The third-order valence-electron chi connectivity index (χ3n) is 3.15. The van der Waals surface area contributed by atoms with Gasteiger partial charge in [0.15, 0.2) is 0 Å². The highest BCUT2D eigenvalue weighted by Crippen LogP contribution is 2.19. The summed E-state index contributed by atoms with van der Waals surface area (Å²) >= 11 is 5.72. The molecule has 0 radical (unpaired) electrons. The molecule has 8 heteroatoms. The van der Waals surface area contributed by atoms with Gasteiger partial charge in [-0.15, -0.1) is 0 Å². The van der Waals surface area contributed by atoms with E-state index in [2.05, 4.69) is 9.97 Å². The molecule has 2 heterocycles. The Morgan fingerprint density at radius 2 is 2.10 bits per heavy atom. The summed E-state index contributed by atoms with van der Waals surface area (Å²) in [4.78, 5) is 7.95. The van der Waals surface area contributed by atoms with E-state index in [4.69, 9.17) is 16.3 Å². The van der Waals surface area contributed by atoms with Crippen LogP contribution in [0.15, 0.2) is 12.4 Å². The van der Waals surface area contributed by atoms with E-state index in [0.29, 0.717) is 18.1 Å². The topological polar surface area (TPSA) is 72.4 Å². The highest BCUT2D eigenvalue weighted by Gasteiger charge is 2.30. The monoisotopic (exact) mass is 333 g/mol. The normalized spacial score (nSPS) is 20.7. The van der Waals surface area contributed by atoms with Gasteiger partial charge in [0.1, 0.15) is 6.10 Å². The first-order valence-corrected chi connectivity index (χ1v) is 8.97. The number of halogens is 1. The van der Waals surface area contributed by atoms with E-state index in [1.807, 2.05) is 13.8 Å². The van der Waals surface area contributed by atoms with Crippen molar-refractivity contribution in [3.05, 3.63) is 17.4 Å². The average Bonchev–Trinajstić information content (AvgIpc) is 2.40. The molecule has 0 N–H and O–H groups in total. The first-order chi connectivity index (χ1) is 9.87. The molecule has 21 heavy (non-hydrogen) atoms. The van der Waals surface area contributed by atoms with Gasteiger partial charge < -0.3 is 4.74 Å². The van der Waals surface area contributed by atoms with Crippen LogP contribution in [0.25, 0.3) is 0 Å². The van der Waals surface area contributed by atoms with Gasteiger partial charge in [-0.2, -0.15) is 4.31 Å². The third-order valence-corrected chi connectivity index (χ3v) is 5.55. The average molecular weight is 334 g/mol. The number of hydrogen-bond donors (Lipinski definition) is 0. The lowest BCUT2D eigenvalue weighted by Crippen LogP contribution is -2.45. The van der Waals surface area contributed by atoms with Crippen molar-refractivity contribution in [3.8, 4) is 6.01 Å². The Morgan fingerprint density at radius 3 is 2.71 bits per heavy atom. The van der Waals surface area contributed by atoms with Crippen molar-refractivity contribution in [3.63, 3.8) is 0 Å². The van der Waals surface area contributed by atoms with Gasteiger partial charge in [0.2, 0.25) is 10.0 Å². The fraction of sp³-hybridized carbons (Fsp3) is 0.692. The number of nitrogens with zero attached hydrogens (tertiary/aromatic N) is 3. The van der Waals surface area contributed by atoms with Crippen LogP contribution >= 0.6 is 11.6 Å². The molecule has 0 spiro atoms. The van der Waals surface area contributed by atoms with E-state index in [1.54, 1.807) is 0 Å². The molecule has 0 aliphatic carbocycles. The molecule has 1 aliphatic heterocycles. The Kier molecular flexibility index (Phi) is 5.40. The number of sulfonamides is 1. The maximum absolute atomic E-state index is 12.3. The highest BCUT2D eigenvalue weighted by molar-refractivity contribution is 7.89. The molecule has 0 saturated carbocycles. The molecule has 1 fully saturated rings. The van der Waals surface area contributed by atoms with E-state index < -0.39 is 10.0 Å². The summed E-state index contributed by atoms with van der Waals surface area (Å²) in [7, 11) is -3.22. The minimum Gasteiger partial charge on any atom is -0.459 e. The summed E-state index contributed by atoms with van der Waals surface area (Å²) in [6.45, 7) is 4.70. The van der Waals surface area contributed by atoms with Crippen molar-refractivity contribution in [1.82, 2.24) is 14.3 Å². The van der Waals surface area contributed by atoms with Crippen molar-refractivity contribution in [2.45, 2.75) is 32.8 Å². The number of aromatic nitrogens is 2. The summed E-state index contributed by atoms with van der Waals surface area (Å²) in [6, 6.07) is 0.229. The van der Waals surface area contributed by atoms with Crippen molar-refractivity contribution in [2.24, 2.45) is 5.92 Å². The van der Waals surface area contributed by atoms with Crippen LogP contribution in [-0.2, 0) is 10.0 Å². The largest absolute Gasteiger partial charge is 0.459 e. The second-order valence-electron chi connectivity index (χ2n) is 5.60. The van der Waals surface area contributed by atoms with Gasteiger partial charge in [-0.05, 0) is 18.8 Å². The molecule has 118 valence electrons. The molecule has 6 nitrogen and oxygen atoms in total. The van der Waals surface area contributed by atoms with Crippen molar-refractivity contribution in [2.75, 3.05) is 18.8 Å². The van der Waals surface area contributed by atoms with E-state index in [-0.39, 0.29) is 23.8 Å². The Morgan fingerprint density at radius 1 is 1.43 bits per heavy atom. The van der Waals surface area contributed by atoms with Gasteiger partial charge in [-0.1, -0.05) is 25.4 Å². The minimum atomic E-state index is -3.22. The lowest BCUT2D eigenvalue weighted by atomic mass is 10.1. The molecule has 1 unspecified atom stereocenters. The van der Waals surface area contributed by atoms with Gasteiger partial charge in [-0.3, -0.25) is 0 Å². The first-order valence-electron chi connectivity index (χ1n) is 6.99. The summed E-state index contributed by atoms with van der Waals surface area (Å²) in [5.74, 6) is 0.271. The smallest absolute Gasteiger partial charge is 0.316 e. The van der Waals surface area contributed by atoms with E-state index in [9.17, 15) is 8.42 Å². The zero-order valence-corrected chi connectivity index (χ0v) is 13.8. The third kappa shape index (κ3) is 4.79. The zero-order chi connectivity index (χ0) is 15.5. The van der Waals surface area contributed by atoms with Crippen molar-refractivity contribution < 1.29 is 13.2 Å². The molecule has 2 rings (SSSR count). The lowest BCUT2D eigenvalue weighted by Gasteiger charge is -2.31. The molecular weight excluding hydrogens is 314 g/mol. The SMILES string of the molecule is CC(C)CS(=O)(=O)N1CCCC(Oc2ncc(Cl)cn2)C1. The highest BCUT2D eigenvalue weighted by atomic mass is 35.5. The second-order valence-corrected chi connectivity index (χ2v) is 8.05. The first kappa shape index (κ1) is 16.5. The van der Waals surface area contributed by atoms with Crippen molar-refractivity contribution >= 4 is 21.6 Å². The predicted molar refractivity (Wildman–Crippen MR) is 80.9 cm³/mol. The Hall–Kier alpha value is -0.920. The van der Waals surface area contributed by atoms with Crippen LogP contribution in [-0.4, -0.2) is 47.6 Å². The van der Waals surface area contributed by atoms with Crippen molar-refractivity contribution in [1.29, 1.82) is 0 Å². The molecule has 1 aromatic heterocycles. The van der Waals surface area contributed by atoms with E-state index in [0.717, 1.165) is 12.8 Å². The standard InChI is InChI=1S/C13H20ClN3O3S/c1-10(2)9-21(18,19)17-5-3-4-12(8-17)20-13-15-6-11(14)7-16-13/h6-7,10,12H,3-5,8-9H2,1-2H3. The van der Waals surface area contributed by atoms with Gasteiger partial charge in [0, 0.05) is 6.54 Å². The fourth-order valence-electron chi connectivity index (χ4n) is 2.29. The van der Waals surface area contributed by atoms with E-state index >= 15 is 0 Å². The van der Waals surface area contributed by atoms with Crippen LogP contribution in [0, 0.1) is 5.92 Å². The minimum absolute atomic E-state index is 0.107. The lowest BCUT2D eigenvalue weighted by molar-refractivity contribution is 0.119. The fourth-order valence-corrected chi connectivity index (χ4v) is 4.24. The molecule has 1 aromatic rings. The van der Waals surface area contributed by atoms with Crippen LogP contribution in [0.2, 0.25) is 5.02 Å². The number of ether oxygens (including phenoxy) is 1. The molecule has 1 atom stereocenters. The second kappa shape index (κ2) is 6.89. The van der Waals surface area contributed by atoms with Crippen LogP contribution in [0.5, 0.6) is 6.01 Å². The Balaban J connectivity index is 1.99. The summed E-state index contributed by atoms with van der Waals surface area (Å²) in [5.41, 5.74) is 0. The van der Waals surface area contributed by atoms with Crippen LogP contribution in [0.4, 0.5) is 0 Å². The summed E-state index contributed by atoms with van der Waals surface area (Å²) < 4.78 is 31.7. The Labute approximate surface area is 130 Å². The maximum Gasteiger partial charge on any atom is 0.316 e. The van der Waals surface area contributed by atoms with Gasteiger partial charge >= 0.3 is 6.01 Å². The van der Waals surface area contributed by atoms with Crippen LogP contribution < -0.4 is 4.74 Å². The van der Waals surface area contributed by atoms with Gasteiger partial charge in [0.05, 0.1) is 29.7 Å². The Bertz CT molecular complexity index is 563. The molecule has 0 amide bonds. The molecule has 1 aliphatic rings. The summed E-state index contributed by atoms with van der Waals surface area (Å²) in [6.07, 6.45) is 4.26. The van der Waals surface area contributed by atoms with Crippen LogP contribution in [0.1, 0.15) is 26.7 Å². The summed E-state index contributed by atoms with van der Waals surface area (Å²) in [5, 5.41) is 0.437. The van der Waals surface area contributed by atoms with Gasteiger partial charge in [-0.25, -0.2) is 18.4 Å². The van der Waals surface area contributed by atoms with Crippen LogP contribution in [0.3, 0.4) is 0 Å². The molecule has 1 saturated heterocycles. The molecule has 0 aromatic carbocycles. The molecular formula is C13H20ClN3O3S. The zero-order valence-electron chi connectivity index (χ0n) is 12.2. The van der Waals surface area contributed by atoms with Gasteiger partial charge in [0.25, 0.3) is 0 Å². The maximum atomic E-state index is 12.3. The number of piperidine rings is 1. The van der Waals surface area contributed by atoms with E-state index in [1.165, 1.54) is 16.7 Å². The quantitative estimate of drug-likeness (QED) is 0.823. The predicted octanol–water partition coefficient (Wildman–Crippen LogP) is 1.96. The number of hydrogen-bond acceptors (Lipinski definition) is 5. The molecule has 0 bridgehead atoms.